The van der Waals surface area contributed by atoms with E-state index in [1.54, 1.807) is 0 Å². The number of ether oxygens (including phenoxy) is 6. The quantitative estimate of drug-likeness (QED) is 0.0549. The van der Waals surface area contributed by atoms with Crippen LogP contribution in [0, 0.1) is 0 Å². The molecular weight excluding hydrogens is 1160 g/mol. The van der Waals surface area contributed by atoms with Gasteiger partial charge in [0.2, 0.25) is 34.6 Å². The molecule has 0 fully saturated rings. The molecule has 8 atom stereocenters. The minimum atomic E-state index is -1.77. The van der Waals surface area contributed by atoms with Crippen molar-refractivity contribution in [3.05, 3.63) is 46.1 Å². The molecule has 0 saturated heterocycles. The Labute approximate surface area is 571 Å². The molecule has 0 unspecified atom stereocenters. The van der Waals surface area contributed by atoms with E-state index in [4.69, 9.17) is 81.7 Å². The molecule has 342 valence electrons. The van der Waals surface area contributed by atoms with Gasteiger partial charge in [0, 0.05) is 58.4 Å². The van der Waals surface area contributed by atoms with Crippen LogP contribution in [0.25, 0.3) is 0 Å². The van der Waals surface area contributed by atoms with E-state index in [0.717, 1.165) is 0 Å². The summed E-state index contributed by atoms with van der Waals surface area (Å²) in [6.07, 6.45) is -15.3. The van der Waals surface area contributed by atoms with Gasteiger partial charge in [0.1, 0.15) is 24.4 Å². The van der Waals surface area contributed by atoms with Gasteiger partial charge in [0.25, 0.3) is 0 Å². The molecule has 0 aromatic heterocycles. The molecule has 4 aliphatic rings. The summed E-state index contributed by atoms with van der Waals surface area (Å²) in [6.45, 7) is -2.90. The van der Waals surface area contributed by atoms with Crippen molar-refractivity contribution >= 4 is 36.2 Å². The van der Waals surface area contributed by atoms with Crippen LogP contribution in [-0.4, -0.2) is 210 Å². The maximum Gasteiger partial charge on any atom is 1.00 e. The van der Waals surface area contributed by atoms with Gasteiger partial charge in [-0.15, -0.1) is 0 Å². The predicted octanol–water partition coefficient (Wildman–Crippen LogP) is -19.4. The topological polar surface area (TPSA) is 576 Å². The summed E-state index contributed by atoms with van der Waals surface area (Å²) < 4.78 is 25.5. The molecule has 4 heterocycles. The summed E-state index contributed by atoms with van der Waals surface area (Å²) in [6, 6.07) is 0. The van der Waals surface area contributed by atoms with Crippen LogP contribution < -0.4 is 206 Å². The number of hydrogen-bond donors (Lipinski definition) is 16. The third-order valence-corrected chi connectivity index (χ3v) is 6.26. The van der Waals surface area contributed by atoms with E-state index in [2.05, 4.69) is 28.4 Å². The largest absolute Gasteiger partial charge is 1.00 e. The third-order valence-electron chi connectivity index (χ3n) is 6.26. The first kappa shape index (κ1) is 89.1. The summed E-state index contributed by atoms with van der Waals surface area (Å²) in [5.74, 6) is -11.5. The Hall–Kier alpha value is 2.16. The second-order valence-electron chi connectivity index (χ2n) is 9.93. The molecule has 0 saturated carbocycles. The van der Waals surface area contributed by atoms with Crippen molar-refractivity contribution < 1.29 is 425 Å². The molecule has 0 bridgehead atoms. The number of carbonyl (C=O) groups excluding carboxylic acids is 4. The summed E-state index contributed by atoms with van der Waals surface area (Å²) in [7, 11) is 0. The molecule has 4 rings (SSSR count). The third kappa shape index (κ3) is 26.6. The van der Waals surface area contributed by atoms with Crippen molar-refractivity contribution in [1.82, 2.24) is 0 Å². The van der Waals surface area contributed by atoms with E-state index < -0.39 is 158 Å². The van der Waals surface area contributed by atoms with Gasteiger partial charge < -0.3 is 132 Å². The Morgan fingerprint density at radius 3 is 0.812 bits per heavy atom. The molecule has 0 spiro atoms. The van der Waals surface area contributed by atoms with Crippen LogP contribution in [0.5, 0.6) is 0 Å². The van der Waals surface area contributed by atoms with Gasteiger partial charge in [-0.2, -0.15) is 0 Å². The number of carboxylic acid groups (broad SMARTS) is 2. The summed E-state index contributed by atoms with van der Waals surface area (Å²) >= 11 is 0. The van der Waals surface area contributed by atoms with Crippen LogP contribution in [0.1, 0.15) is 5.71 Å². The first-order valence-electron chi connectivity index (χ1n) is 14.0. The average Bonchev–Trinajstić information content (AvgIpc) is 3.77. The number of cyclic esters (lactones) is 4. The zero-order chi connectivity index (χ0) is 41.8. The van der Waals surface area contributed by atoms with Crippen molar-refractivity contribution in [3.8, 4) is 0 Å². The van der Waals surface area contributed by atoms with E-state index in [-0.39, 0.29) is 286 Å². The first-order chi connectivity index (χ1) is 25.1. The number of rotatable bonds is 10. The fourth-order valence-electron chi connectivity index (χ4n) is 3.66. The van der Waals surface area contributed by atoms with E-state index in [1.807, 2.05) is 0 Å². The maximum absolute atomic E-state index is 10.8. The van der Waals surface area contributed by atoms with Crippen LogP contribution in [0.3, 0.4) is 0 Å². The van der Waals surface area contributed by atoms with Gasteiger partial charge >= 0.3 is 242 Å². The fourth-order valence-corrected chi connectivity index (χ4v) is 3.66. The summed E-state index contributed by atoms with van der Waals surface area (Å²) in [5.41, 5.74) is 0. The molecule has 38 heteroatoms. The average molecular weight is 1200 g/mol. The van der Waals surface area contributed by atoms with E-state index in [0.29, 0.717) is 0 Å². The number of hydrogen-bond acceptors (Lipinski definition) is 26. The number of aliphatic hydroxyl groups is 14. The van der Waals surface area contributed by atoms with Crippen molar-refractivity contribution in [2.45, 2.75) is 48.8 Å². The van der Waals surface area contributed by atoms with E-state index in [1.165, 1.54) is 0 Å². The smallest absolute Gasteiger partial charge is 1.00 e. The standard InChI is InChI=1S/2C7H8O8.2C6H8O6.4K.3H2O.3Zn.4H/c2*8-1-2(9)4-5(15-7(12)13)3(10)6(11)14-4;2*7-1-2(8)5-3(9)4(10)6(11)12-5;;;;;;;;;;;;;;/h2*2,4,8-10H,1H2,(H,12,13);2*2,5,7-10H,1H2;;;;;3*1H2;;;;;;;/q;;;;4*+1;;;;;;;4*-1/t2*2-,4+;2*2-,5+;;;;;;;;;;;;;;/m0000............../s1. The normalized spacial score (nSPS) is 20.2. The fraction of sp³-hybridized carbons (Fsp3) is 0.462. The van der Waals surface area contributed by atoms with Gasteiger partial charge in [-0.05, 0) is 0 Å². The van der Waals surface area contributed by atoms with Crippen molar-refractivity contribution in [2.75, 3.05) is 26.4 Å². The Morgan fingerprint density at radius 1 is 0.453 bits per heavy atom. The van der Waals surface area contributed by atoms with Crippen LogP contribution in [0.4, 0.5) is 9.59 Å². The minimum Gasteiger partial charge on any atom is -1.00 e. The Bertz CT molecular complexity index is 1510. The Kier molecular flexibility index (Phi) is 61.1. The second kappa shape index (κ2) is 43.9. The molecule has 0 amide bonds. The van der Waals surface area contributed by atoms with Crippen LogP contribution in [0.2, 0.25) is 0 Å². The molecule has 0 aromatic carbocycles. The van der Waals surface area contributed by atoms with Crippen molar-refractivity contribution in [1.29, 1.82) is 0 Å². The van der Waals surface area contributed by atoms with Gasteiger partial charge in [0.05, 0.1) is 26.4 Å². The molecule has 22 N–H and O–H groups in total. The van der Waals surface area contributed by atoms with Crippen molar-refractivity contribution in [3.63, 3.8) is 0 Å². The zero-order valence-electron chi connectivity index (χ0n) is 38.1. The summed E-state index contributed by atoms with van der Waals surface area (Å²) in [5, 5.41) is 140. The predicted molar refractivity (Wildman–Crippen MR) is 169 cm³/mol. The Balaban J connectivity index is -0.0000000448. The molecule has 0 aliphatic carbocycles. The van der Waals surface area contributed by atoms with Gasteiger partial charge in [-0.1, -0.05) is 0 Å². The molecule has 31 nitrogen and oxygen atoms in total. The SMILES string of the molecule is O.O.O.O=C(O)OC1=C(O)C(=O)O[C@@H]1[C@@H](O)CO.O=C(O)OC1=C(O)C(=O)O[C@@H]1[C@@H](O)CO.O=C1O[C@H]([C@@H](O)CO)C(O)=C1O.O=C1O[C@H]([C@@H](O)CO)C(O)=C1O.[H-].[H-].[H-].[H-].[K+].[K+].[K+].[K+].[Zn].[Zn].[Zn]. The number of carbonyl (C=O) groups is 6. The molecular formula is C26H42K4O31Zn3. The van der Waals surface area contributed by atoms with Gasteiger partial charge in [0.15, 0.2) is 35.9 Å². The van der Waals surface area contributed by atoms with Crippen molar-refractivity contribution in [2.24, 2.45) is 0 Å². The maximum atomic E-state index is 10.8. The molecule has 4 aliphatic heterocycles. The van der Waals surface area contributed by atoms with Gasteiger partial charge in [-0.25, -0.2) is 28.8 Å². The van der Waals surface area contributed by atoms with Crippen LogP contribution in [-0.2, 0) is 106 Å². The zero-order valence-corrected chi connectivity index (χ0v) is 55.5. The van der Waals surface area contributed by atoms with Gasteiger partial charge in [-0.3, -0.25) is 0 Å². The second-order valence-corrected chi connectivity index (χ2v) is 9.93. The first-order valence-corrected chi connectivity index (χ1v) is 14.0. The molecule has 0 aromatic rings. The van der Waals surface area contributed by atoms with E-state index in [9.17, 15) is 28.8 Å². The monoisotopic (exact) mass is 1200 g/mol. The molecule has 0 radical (unpaired) electrons. The minimum absolute atomic E-state index is 0. The van der Waals surface area contributed by atoms with E-state index >= 15 is 0 Å². The number of esters is 4. The van der Waals surface area contributed by atoms with Crippen LogP contribution >= 0.6 is 0 Å². The number of aliphatic hydroxyl groups excluding tert-OH is 14. The summed E-state index contributed by atoms with van der Waals surface area (Å²) in [4.78, 5) is 63.0. The van der Waals surface area contributed by atoms with Crippen LogP contribution in [0.15, 0.2) is 46.1 Å². The molecule has 64 heavy (non-hydrogen) atoms. The Morgan fingerprint density at radius 2 is 0.641 bits per heavy atom.